The molecule has 2 bridgehead atoms. The van der Waals surface area contributed by atoms with Gasteiger partial charge in [-0.15, -0.1) is 6.58 Å². The molecule has 2 unspecified atom stereocenters. The number of ether oxygens (including phenoxy) is 1. The van der Waals surface area contributed by atoms with Crippen LogP contribution < -0.4 is 0 Å². The molecule has 3 fully saturated rings. The van der Waals surface area contributed by atoms with Crippen LogP contribution in [-0.4, -0.2) is 35.0 Å². The molecule has 3 aromatic rings. The Bertz CT molecular complexity index is 1100. The first-order valence-corrected chi connectivity index (χ1v) is 11.1. The Labute approximate surface area is 183 Å². The van der Waals surface area contributed by atoms with Crippen molar-refractivity contribution in [3.05, 3.63) is 90.1 Å². The number of nitrogens with zero attached hydrogens (tertiary/aromatic N) is 2. The van der Waals surface area contributed by atoms with Crippen LogP contribution in [0, 0.1) is 18.8 Å². The number of esters is 1. The minimum atomic E-state index is -0.338. The number of rotatable bonds is 5. The molecule has 4 heteroatoms. The van der Waals surface area contributed by atoms with Gasteiger partial charge in [-0.25, -0.2) is 4.79 Å². The van der Waals surface area contributed by atoms with Crippen molar-refractivity contribution in [1.82, 2.24) is 9.88 Å². The summed E-state index contributed by atoms with van der Waals surface area (Å²) in [7, 11) is 0. The monoisotopic (exact) mass is 412 g/mol. The number of hydrogen-bond donors (Lipinski definition) is 0. The number of hydrogen-bond acceptors (Lipinski definition) is 4. The molecule has 3 saturated heterocycles. The summed E-state index contributed by atoms with van der Waals surface area (Å²) in [5.41, 5.74) is 3.68. The molecular weight excluding hydrogens is 384 g/mol. The minimum Gasteiger partial charge on any atom is -0.452 e. The molecule has 31 heavy (non-hydrogen) atoms. The Morgan fingerprint density at radius 2 is 2.00 bits per heavy atom. The summed E-state index contributed by atoms with van der Waals surface area (Å²) in [6, 6.07) is 17.9. The predicted octanol–water partition coefficient (Wildman–Crippen LogP) is 5.34. The van der Waals surface area contributed by atoms with Gasteiger partial charge >= 0.3 is 5.97 Å². The molecule has 3 aliphatic heterocycles. The second-order valence-electron chi connectivity index (χ2n) is 8.86. The van der Waals surface area contributed by atoms with Gasteiger partial charge in [0.15, 0.2) is 0 Å². The number of para-hydroxylation sites is 1. The lowest BCUT2D eigenvalue weighted by Crippen LogP contribution is -2.55. The molecule has 158 valence electrons. The number of benzene rings is 2. The van der Waals surface area contributed by atoms with Gasteiger partial charge in [0.05, 0.1) is 17.1 Å². The highest BCUT2D eigenvalue weighted by Crippen LogP contribution is 2.43. The summed E-state index contributed by atoms with van der Waals surface area (Å²) in [4.78, 5) is 20.2. The molecule has 2 aromatic carbocycles. The normalized spacial score (nSPS) is 25.8. The highest BCUT2D eigenvalue weighted by atomic mass is 16.5. The summed E-state index contributed by atoms with van der Waals surface area (Å²) in [5, 5.41) is 1.05. The summed E-state index contributed by atoms with van der Waals surface area (Å²) in [6.07, 6.45) is 5.78. The molecule has 0 saturated carbocycles. The largest absolute Gasteiger partial charge is 0.452 e. The van der Waals surface area contributed by atoms with Crippen LogP contribution in [0.4, 0.5) is 0 Å². The first-order valence-electron chi connectivity index (χ1n) is 11.1. The van der Waals surface area contributed by atoms with E-state index in [4.69, 9.17) is 4.74 Å². The van der Waals surface area contributed by atoms with Crippen LogP contribution >= 0.6 is 0 Å². The van der Waals surface area contributed by atoms with E-state index < -0.39 is 0 Å². The third-order valence-corrected chi connectivity index (χ3v) is 7.01. The van der Waals surface area contributed by atoms with E-state index in [-0.39, 0.29) is 18.1 Å². The van der Waals surface area contributed by atoms with Gasteiger partial charge in [0.1, 0.15) is 6.10 Å². The Morgan fingerprint density at radius 1 is 1.19 bits per heavy atom. The molecule has 5 atom stereocenters. The molecule has 4 heterocycles. The number of carbonyl (C=O) groups is 1. The minimum absolute atomic E-state index is 0.162. The lowest BCUT2D eigenvalue weighted by atomic mass is 9.73. The fourth-order valence-corrected chi connectivity index (χ4v) is 5.28. The second-order valence-corrected chi connectivity index (χ2v) is 8.86. The smallest absolute Gasteiger partial charge is 0.338 e. The van der Waals surface area contributed by atoms with Gasteiger partial charge in [0.2, 0.25) is 0 Å². The summed E-state index contributed by atoms with van der Waals surface area (Å²) in [6.45, 7) is 8.09. The number of aromatic nitrogens is 1. The zero-order valence-electron chi connectivity index (χ0n) is 17.9. The number of aryl methyl sites for hydroxylation is 1. The molecule has 4 nitrogen and oxygen atoms in total. The van der Waals surface area contributed by atoms with Crippen LogP contribution in [-0.2, 0) is 4.74 Å². The lowest BCUT2D eigenvalue weighted by Gasteiger charge is -2.51. The van der Waals surface area contributed by atoms with E-state index in [2.05, 4.69) is 28.6 Å². The Hall–Kier alpha value is -2.98. The SMILES string of the molecule is C=C[C@H]1CN2CC[C@@H]1C[C@H]2C(OC(=O)c1ccc(C)cc1)c1ccnc2ccccc12. The molecule has 0 amide bonds. The number of pyridine rings is 1. The van der Waals surface area contributed by atoms with Crippen LogP contribution in [0.2, 0.25) is 0 Å². The van der Waals surface area contributed by atoms with Crippen molar-refractivity contribution >= 4 is 16.9 Å². The first-order chi connectivity index (χ1) is 15.1. The van der Waals surface area contributed by atoms with E-state index in [1.165, 1.54) is 6.42 Å². The van der Waals surface area contributed by atoms with Crippen molar-refractivity contribution in [1.29, 1.82) is 0 Å². The molecule has 0 aliphatic carbocycles. The average Bonchev–Trinajstić information content (AvgIpc) is 2.82. The van der Waals surface area contributed by atoms with Crippen LogP contribution in [0.3, 0.4) is 0 Å². The number of carbonyl (C=O) groups excluding carboxylic acids is 1. The summed E-state index contributed by atoms with van der Waals surface area (Å²) >= 11 is 0. The van der Waals surface area contributed by atoms with Crippen molar-refractivity contribution in [3.8, 4) is 0 Å². The van der Waals surface area contributed by atoms with Gasteiger partial charge < -0.3 is 4.74 Å². The quantitative estimate of drug-likeness (QED) is 0.419. The summed E-state index contributed by atoms with van der Waals surface area (Å²) < 4.78 is 6.30. The van der Waals surface area contributed by atoms with Crippen LogP contribution in [0.1, 0.15) is 40.4 Å². The molecule has 3 aliphatic rings. The zero-order valence-corrected chi connectivity index (χ0v) is 17.9. The molecular formula is C27H28N2O2. The van der Waals surface area contributed by atoms with Gasteiger partial charge in [-0.2, -0.15) is 0 Å². The Kier molecular flexibility index (Phi) is 5.33. The standard InChI is InChI=1S/C27H28N2O2/c1-3-19-17-29-15-13-21(19)16-25(29)26(31-27(30)20-10-8-18(2)9-11-20)23-12-14-28-24-7-5-4-6-22(23)24/h3-12,14,19,21,25-26H,1,13,15-17H2,2H3/t19-,21+,25-,26?/m0/s1. The van der Waals surface area contributed by atoms with E-state index in [1.807, 2.05) is 61.7 Å². The maximum atomic E-state index is 13.2. The Morgan fingerprint density at radius 3 is 2.74 bits per heavy atom. The first kappa shape index (κ1) is 20.0. The van der Waals surface area contributed by atoms with Crippen molar-refractivity contribution < 1.29 is 9.53 Å². The lowest BCUT2D eigenvalue weighted by molar-refractivity contribution is -0.0568. The second kappa shape index (κ2) is 8.27. The number of fused-ring (bicyclic) bond motifs is 4. The molecule has 0 radical (unpaired) electrons. The van der Waals surface area contributed by atoms with E-state index in [9.17, 15) is 4.79 Å². The van der Waals surface area contributed by atoms with Gasteiger partial charge in [0.25, 0.3) is 0 Å². The van der Waals surface area contributed by atoms with Crippen LogP contribution in [0.25, 0.3) is 10.9 Å². The average molecular weight is 413 g/mol. The van der Waals surface area contributed by atoms with Crippen LogP contribution in [0.15, 0.2) is 73.4 Å². The molecule has 0 N–H and O–H groups in total. The molecule has 0 spiro atoms. The van der Waals surface area contributed by atoms with E-state index in [1.54, 1.807) is 0 Å². The van der Waals surface area contributed by atoms with Gasteiger partial charge in [-0.1, -0.05) is 42.0 Å². The highest BCUT2D eigenvalue weighted by molar-refractivity contribution is 5.90. The third-order valence-electron chi connectivity index (χ3n) is 7.01. The van der Waals surface area contributed by atoms with Gasteiger partial charge in [-0.05, 0) is 62.4 Å². The van der Waals surface area contributed by atoms with E-state index in [0.29, 0.717) is 17.4 Å². The predicted molar refractivity (Wildman–Crippen MR) is 123 cm³/mol. The third kappa shape index (κ3) is 3.77. The topological polar surface area (TPSA) is 42.4 Å². The van der Waals surface area contributed by atoms with Crippen molar-refractivity contribution in [2.75, 3.05) is 13.1 Å². The van der Waals surface area contributed by atoms with Gasteiger partial charge in [0, 0.05) is 23.7 Å². The maximum absolute atomic E-state index is 13.2. The fourth-order valence-electron chi connectivity index (χ4n) is 5.28. The Balaban J connectivity index is 1.53. The van der Waals surface area contributed by atoms with Crippen molar-refractivity contribution in [3.63, 3.8) is 0 Å². The maximum Gasteiger partial charge on any atom is 0.338 e. The summed E-state index contributed by atoms with van der Waals surface area (Å²) in [5.74, 6) is 0.850. The molecule has 6 rings (SSSR count). The van der Waals surface area contributed by atoms with E-state index in [0.717, 1.165) is 41.5 Å². The van der Waals surface area contributed by atoms with Crippen molar-refractivity contribution in [2.45, 2.75) is 31.9 Å². The highest BCUT2D eigenvalue weighted by Gasteiger charge is 2.44. The van der Waals surface area contributed by atoms with E-state index >= 15 is 0 Å². The fraction of sp³-hybridized carbons (Fsp3) is 0.333. The molecule has 1 aromatic heterocycles. The number of piperidine rings is 3. The zero-order chi connectivity index (χ0) is 21.4. The van der Waals surface area contributed by atoms with Gasteiger partial charge in [-0.3, -0.25) is 9.88 Å². The van der Waals surface area contributed by atoms with Crippen LogP contribution in [0.5, 0.6) is 0 Å². The van der Waals surface area contributed by atoms with Crippen molar-refractivity contribution in [2.24, 2.45) is 11.8 Å².